The Balaban J connectivity index is 1.63. The van der Waals surface area contributed by atoms with Crippen LogP contribution in [0.1, 0.15) is 37.2 Å². The third kappa shape index (κ3) is 4.96. The molecule has 2 aromatic rings. The molecule has 130 valence electrons. The Kier molecular flexibility index (Phi) is 6.55. The van der Waals surface area contributed by atoms with Crippen LogP contribution in [-0.4, -0.2) is 29.1 Å². The van der Waals surface area contributed by atoms with Gasteiger partial charge in [-0.15, -0.1) is 0 Å². The van der Waals surface area contributed by atoms with Gasteiger partial charge in [-0.1, -0.05) is 29.3 Å². The van der Waals surface area contributed by atoms with Gasteiger partial charge in [0.2, 0.25) is 0 Å². The van der Waals surface area contributed by atoms with Crippen molar-refractivity contribution >= 4 is 23.2 Å². The number of hydrogen-bond donors (Lipinski definition) is 0. The van der Waals surface area contributed by atoms with Crippen LogP contribution in [0.4, 0.5) is 0 Å². The highest BCUT2D eigenvalue weighted by Gasteiger charge is 2.17. The Morgan fingerprint density at radius 2 is 2.21 bits per heavy atom. The van der Waals surface area contributed by atoms with Gasteiger partial charge in [-0.05, 0) is 43.4 Å². The number of ether oxygens (including phenoxy) is 2. The summed E-state index contributed by atoms with van der Waals surface area (Å²) in [4.78, 5) is 4.12. The Bertz CT molecular complexity index is 628. The fraction of sp³-hybridized carbons (Fsp3) is 0.500. The van der Waals surface area contributed by atoms with Crippen LogP contribution < -0.4 is 0 Å². The maximum absolute atomic E-state index is 6.19. The second-order valence-electron chi connectivity index (χ2n) is 6.09. The first-order valence-corrected chi connectivity index (χ1v) is 9.12. The topological polar surface area (TPSA) is 36.3 Å². The average molecular weight is 369 g/mol. The second kappa shape index (κ2) is 8.86. The Morgan fingerprint density at radius 1 is 1.29 bits per heavy atom. The Labute approximate surface area is 152 Å². The molecule has 1 aromatic heterocycles. The highest BCUT2D eigenvalue weighted by Crippen LogP contribution is 2.29. The van der Waals surface area contributed by atoms with Crippen molar-refractivity contribution in [1.82, 2.24) is 9.55 Å². The molecule has 24 heavy (non-hydrogen) atoms. The van der Waals surface area contributed by atoms with Gasteiger partial charge in [0.15, 0.2) is 6.29 Å². The third-order valence-corrected chi connectivity index (χ3v) is 5.05. The van der Waals surface area contributed by atoms with Gasteiger partial charge in [0.05, 0.1) is 23.0 Å². The number of imidazole rings is 1. The first-order valence-electron chi connectivity index (χ1n) is 8.36. The minimum Gasteiger partial charge on any atom is -0.353 e. The lowest BCUT2D eigenvalue weighted by atomic mass is 9.96. The summed E-state index contributed by atoms with van der Waals surface area (Å²) in [6.07, 6.45) is 9.71. The van der Waals surface area contributed by atoms with Crippen LogP contribution in [0.5, 0.6) is 0 Å². The molecule has 1 aromatic carbocycles. The van der Waals surface area contributed by atoms with Crippen LogP contribution in [0.25, 0.3) is 0 Å². The molecule has 1 fully saturated rings. The molecule has 0 saturated carbocycles. The van der Waals surface area contributed by atoms with E-state index in [9.17, 15) is 0 Å². The van der Waals surface area contributed by atoms with Gasteiger partial charge in [0.1, 0.15) is 0 Å². The van der Waals surface area contributed by atoms with Gasteiger partial charge in [0, 0.05) is 31.5 Å². The van der Waals surface area contributed by atoms with E-state index in [1.807, 2.05) is 30.7 Å². The fourth-order valence-corrected chi connectivity index (χ4v) is 3.27. The lowest BCUT2D eigenvalue weighted by Crippen LogP contribution is -2.23. The van der Waals surface area contributed by atoms with E-state index < -0.39 is 0 Å². The monoisotopic (exact) mass is 368 g/mol. The first kappa shape index (κ1) is 17.7. The number of halogens is 2. The molecule has 3 rings (SSSR count). The summed E-state index contributed by atoms with van der Waals surface area (Å²) in [6, 6.07) is 5.83. The quantitative estimate of drug-likeness (QED) is 0.696. The van der Waals surface area contributed by atoms with Crippen molar-refractivity contribution in [2.24, 2.45) is 0 Å². The standard InChI is InChI=1S/C18H22Cl2N2O2/c19-16-5-4-14(11-17(16)20)15(12-22-8-7-21-13-22)6-10-24-18-3-1-2-9-23-18/h4-5,7-8,11,13,15,18H,1-3,6,9-10,12H2. The highest BCUT2D eigenvalue weighted by molar-refractivity contribution is 6.42. The Morgan fingerprint density at radius 3 is 2.92 bits per heavy atom. The summed E-state index contributed by atoms with van der Waals surface area (Å²) < 4.78 is 13.6. The van der Waals surface area contributed by atoms with Gasteiger partial charge < -0.3 is 14.0 Å². The normalized spacial score (nSPS) is 19.3. The number of benzene rings is 1. The number of hydrogen-bond acceptors (Lipinski definition) is 3. The zero-order chi connectivity index (χ0) is 16.8. The van der Waals surface area contributed by atoms with Crippen molar-refractivity contribution in [2.45, 2.75) is 44.4 Å². The maximum atomic E-state index is 6.19. The molecule has 6 heteroatoms. The van der Waals surface area contributed by atoms with E-state index in [2.05, 4.69) is 9.55 Å². The summed E-state index contributed by atoms with van der Waals surface area (Å²) in [5.41, 5.74) is 1.16. The van der Waals surface area contributed by atoms with Gasteiger partial charge in [0.25, 0.3) is 0 Å². The van der Waals surface area contributed by atoms with Gasteiger partial charge >= 0.3 is 0 Å². The van der Waals surface area contributed by atoms with Crippen molar-refractivity contribution in [2.75, 3.05) is 13.2 Å². The minimum absolute atomic E-state index is 0.0542. The molecular formula is C18H22Cl2N2O2. The molecule has 0 spiro atoms. The van der Waals surface area contributed by atoms with Gasteiger partial charge in [-0.3, -0.25) is 0 Å². The van der Waals surface area contributed by atoms with Crippen molar-refractivity contribution in [3.63, 3.8) is 0 Å². The number of aromatic nitrogens is 2. The van der Waals surface area contributed by atoms with E-state index in [-0.39, 0.29) is 12.2 Å². The van der Waals surface area contributed by atoms with Crippen molar-refractivity contribution in [1.29, 1.82) is 0 Å². The molecule has 2 unspecified atom stereocenters. The fourth-order valence-electron chi connectivity index (χ4n) is 2.96. The van der Waals surface area contributed by atoms with Gasteiger partial charge in [-0.25, -0.2) is 4.98 Å². The lowest BCUT2D eigenvalue weighted by molar-refractivity contribution is -0.163. The summed E-state index contributed by atoms with van der Waals surface area (Å²) in [5.74, 6) is 0.276. The van der Waals surface area contributed by atoms with Gasteiger partial charge in [-0.2, -0.15) is 0 Å². The zero-order valence-corrected chi connectivity index (χ0v) is 15.0. The van der Waals surface area contributed by atoms with Crippen LogP contribution in [0.3, 0.4) is 0 Å². The van der Waals surface area contributed by atoms with Crippen LogP contribution in [0.15, 0.2) is 36.9 Å². The van der Waals surface area contributed by atoms with Crippen molar-refractivity contribution in [3.8, 4) is 0 Å². The van der Waals surface area contributed by atoms with Crippen molar-refractivity contribution < 1.29 is 9.47 Å². The Hall–Kier alpha value is -1.07. The van der Waals surface area contributed by atoms with E-state index in [0.717, 1.165) is 38.0 Å². The average Bonchev–Trinajstić information content (AvgIpc) is 3.11. The van der Waals surface area contributed by atoms with E-state index in [0.29, 0.717) is 16.7 Å². The lowest BCUT2D eigenvalue weighted by Gasteiger charge is -2.24. The second-order valence-corrected chi connectivity index (χ2v) is 6.90. The first-order chi connectivity index (χ1) is 11.7. The molecule has 1 aliphatic rings. The number of rotatable bonds is 7. The highest BCUT2D eigenvalue weighted by atomic mass is 35.5. The molecule has 2 atom stereocenters. The molecule has 1 saturated heterocycles. The van der Waals surface area contributed by atoms with Crippen molar-refractivity contribution in [3.05, 3.63) is 52.5 Å². The predicted molar refractivity (Wildman–Crippen MR) is 95.6 cm³/mol. The molecule has 2 heterocycles. The van der Waals surface area contributed by atoms with E-state index in [4.69, 9.17) is 32.7 Å². The molecule has 0 aliphatic carbocycles. The van der Waals surface area contributed by atoms with Crippen LogP contribution in [0, 0.1) is 0 Å². The number of nitrogens with zero attached hydrogens (tertiary/aromatic N) is 2. The van der Waals surface area contributed by atoms with Crippen LogP contribution in [0.2, 0.25) is 10.0 Å². The van der Waals surface area contributed by atoms with Crippen LogP contribution in [-0.2, 0) is 16.0 Å². The summed E-state index contributed by atoms with van der Waals surface area (Å²) in [5, 5.41) is 1.16. The molecule has 0 bridgehead atoms. The molecular weight excluding hydrogens is 347 g/mol. The maximum Gasteiger partial charge on any atom is 0.157 e. The van der Waals surface area contributed by atoms with Crippen LogP contribution >= 0.6 is 23.2 Å². The summed E-state index contributed by atoms with van der Waals surface area (Å²) in [7, 11) is 0. The molecule has 0 amide bonds. The predicted octanol–water partition coefficient (Wildman–Crippen LogP) is 4.91. The largest absolute Gasteiger partial charge is 0.353 e. The van der Waals surface area contributed by atoms with E-state index in [1.54, 1.807) is 6.20 Å². The SMILES string of the molecule is Clc1ccc(C(CCOC2CCCCO2)Cn2ccnc2)cc1Cl. The van der Waals surface area contributed by atoms with E-state index in [1.165, 1.54) is 6.42 Å². The smallest absolute Gasteiger partial charge is 0.157 e. The molecule has 4 nitrogen and oxygen atoms in total. The third-order valence-electron chi connectivity index (χ3n) is 4.31. The van der Waals surface area contributed by atoms with E-state index >= 15 is 0 Å². The zero-order valence-electron chi connectivity index (χ0n) is 13.5. The molecule has 0 N–H and O–H groups in total. The molecule has 1 aliphatic heterocycles. The summed E-state index contributed by atoms with van der Waals surface area (Å²) in [6.45, 7) is 2.28. The minimum atomic E-state index is -0.0542. The molecule has 0 radical (unpaired) electrons. The summed E-state index contributed by atoms with van der Waals surface area (Å²) >= 11 is 12.2.